The largest absolute Gasteiger partial charge is 0.457 e. The number of rotatable bonds is 5. The first-order valence-corrected chi connectivity index (χ1v) is 6.54. The molecule has 1 amide bonds. The van der Waals surface area contributed by atoms with Gasteiger partial charge in [-0.1, -0.05) is 25.1 Å². The molecule has 104 valence electrons. The summed E-state index contributed by atoms with van der Waals surface area (Å²) in [4.78, 5) is 11.4. The normalized spacial score (nSPS) is 9.85. The summed E-state index contributed by atoms with van der Waals surface area (Å²) in [7, 11) is 0. The number of hydrogen-bond acceptors (Lipinski definition) is 3. The first kappa shape index (κ1) is 13.9. The van der Waals surface area contributed by atoms with Gasteiger partial charge in [0.25, 0.3) is 0 Å². The number of ether oxygens (including phenoxy) is 2. The van der Waals surface area contributed by atoms with Crippen LogP contribution in [0.2, 0.25) is 0 Å². The summed E-state index contributed by atoms with van der Waals surface area (Å²) in [6.07, 6.45) is 0.362. The molecule has 0 fully saturated rings. The fraction of sp³-hybridized carbons (Fsp3) is 0.188. The number of carbonyl (C=O) groups excluding carboxylic acids is 1. The van der Waals surface area contributed by atoms with Crippen LogP contribution < -0.4 is 10.1 Å². The Balaban J connectivity index is 1.91. The van der Waals surface area contributed by atoms with Crippen molar-refractivity contribution in [2.45, 2.75) is 13.3 Å². The number of para-hydroxylation sites is 1. The van der Waals surface area contributed by atoms with Crippen LogP contribution in [-0.4, -0.2) is 12.7 Å². The van der Waals surface area contributed by atoms with E-state index in [-0.39, 0.29) is 0 Å². The van der Waals surface area contributed by atoms with E-state index in [2.05, 4.69) is 5.32 Å². The molecule has 1 N–H and O–H groups in total. The topological polar surface area (TPSA) is 47.6 Å². The highest BCUT2D eigenvalue weighted by Gasteiger charge is 2.03. The van der Waals surface area contributed by atoms with E-state index in [0.717, 1.165) is 12.2 Å². The first-order valence-electron chi connectivity index (χ1n) is 6.54. The lowest BCUT2D eigenvalue weighted by Gasteiger charge is -2.08. The van der Waals surface area contributed by atoms with E-state index in [9.17, 15) is 4.79 Å². The van der Waals surface area contributed by atoms with Gasteiger partial charge in [0.05, 0.1) is 6.61 Å². The van der Waals surface area contributed by atoms with Crippen LogP contribution in [0.1, 0.15) is 13.3 Å². The second kappa shape index (κ2) is 7.19. The predicted octanol–water partition coefficient (Wildman–Crippen LogP) is 4.44. The van der Waals surface area contributed by atoms with Crippen LogP contribution in [0, 0.1) is 0 Å². The van der Waals surface area contributed by atoms with Gasteiger partial charge in [-0.05, 0) is 42.8 Å². The van der Waals surface area contributed by atoms with Crippen LogP contribution in [0.15, 0.2) is 54.6 Å². The number of benzene rings is 2. The Morgan fingerprint density at radius 1 is 1.00 bits per heavy atom. The Labute approximate surface area is 118 Å². The Kier molecular flexibility index (Phi) is 5.00. The third-order valence-corrected chi connectivity index (χ3v) is 2.52. The van der Waals surface area contributed by atoms with Gasteiger partial charge in [-0.2, -0.15) is 0 Å². The molecular weight excluding hydrogens is 254 g/mol. The molecule has 0 radical (unpaired) electrons. The molecule has 0 aliphatic rings. The van der Waals surface area contributed by atoms with E-state index in [4.69, 9.17) is 9.47 Å². The van der Waals surface area contributed by atoms with E-state index >= 15 is 0 Å². The molecule has 2 rings (SSSR count). The summed E-state index contributed by atoms with van der Waals surface area (Å²) in [5, 5.41) is 2.65. The average molecular weight is 271 g/mol. The molecule has 0 unspecified atom stereocenters. The minimum atomic E-state index is -0.441. The van der Waals surface area contributed by atoms with Crippen molar-refractivity contribution < 1.29 is 14.3 Å². The molecule has 0 aliphatic carbocycles. The molecular formula is C16H17NO3. The predicted molar refractivity (Wildman–Crippen MR) is 78.2 cm³/mol. The van der Waals surface area contributed by atoms with Crippen molar-refractivity contribution in [2.24, 2.45) is 0 Å². The Bertz CT molecular complexity index is 537. The highest BCUT2D eigenvalue weighted by Crippen LogP contribution is 2.22. The van der Waals surface area contributed by atoms with Gasteiger partial charge in [0.15, 0.2) is 0 Å². The third-order valence-electron chi connectivity index (χ3n) is 2.52. The van der Waals surface area contributed by atoms with E-state index in [1.54, 1.807) is 24.3 Å². The molecule has 0 aliphatic heterocycles. The summed E-state index contributed by atoms with van der Waals surface area (Å²) in [6.45, 7) is 2.37. The monoisotopic (exact) mass is 271 g/mol. The maximum absolute atomic E-state index is 11.4. The van der Waals surface area contributed by atoms with E-state index in [1.807, 2.05) is 37.3 Å². The Morgan fingerprint density at radius 3 is 2.30 bits per heavy atom. The summed E-state index contributed by atoms with van der Waals surface area (Å²) in [6, 6.07) is 16.6. The molecule has 4 heteroatoms. The molecule has 0 spiro atoms. The van der Waals surface area contributed by atoms with Gasteiger partial charge in [0.2, 0.25) is 0 Å². The fourth-order valence-corrected chi connectivity index (χ4v) is 1.58. The lowest BCUT2D eigenvalue weighted by atomic mass is 10.3. The van der Waals surface area contributed by atoms with Gasteiger partial charge in [-0.15, -0.1) is 0 Å². The highest BCUT2D eigenvalue weighted by molar-refractivity contribution is 5.84. The smallest absolute Gasteiger partial charge is 0.411 e. The molecule has 0 heterocycles. The number of anilines is 1. The summed E-state index contributed by atoms with van der Waals surface area (Å²) in [5.74, 6) is 1.49. The van der Waals surface area contributed by atoms with Gasteiger partial charge in [0, 0.05) is 5.69 Å². The molecule has 2 aromatic rings. The number of amides is 1. The molecule has 4 nitrogen and oxygen atoms in total. The van der Waals surface area contributed by atoms with E-state index in [1.165, 1.54) is 0 Å². The van der Waals surface area contributed by atoms with Crippen molar-refractivity contribution in [1.29, 1.82) is 0 Å². The lowest BCUT2D eigenvalue weighted by Crippen LogP contribution is -2.13. The number of hydrogen-bond donors (Lipinski definition) is 1. The minimum Gasteiger partial charge on any atom is -0.457 e. The van der Waals surface area contributed by atoms with E-state index in [0.29, 0.717) is 18.0 Å². The molecule has 20 heavy (non-hydrogen) atoms. The number of nitrogens with one attached hydrogen (secondary N) is 1. The van der Waals surface area contributed by atoms with Gasteiger partial charge >= 0.3 is 6.09 Å². The van der Waals surface area contributed by atoms with Gasteiger partial charge in [-0.25, -0.2) is 4.79 Å². The van der Waals surface area contributed by atoms with Gasteiger partial charge in [-0.3, -0.25) is 5.32 Å². The molecule has 0 bridgehead atoms. The molecule has 2 aromatic carbocycles. The maximum atomic E-state index is 11.4. The Hall–Kier alpha value is -2.49. The highest BCUT2D eigenvalue weighted by atomic mass is 16.5. The fourth-order valence-electron chi connectivity index (χ4n) is 1.58. The molecule has 0 saturated heterocycles. The summed E-state index contributed by atoms with van der Waals surface area (Å²) < 4.78 is 10.6. The maximum Gasteiger partial charge on any atom is 0.411 e. The van der Waals surface area contributed by atoms with E-state index < -0.39 is 6.09 Å². The average Bonchev–Trinajstić information content (AvgIpc) is 2.48. The zero-order valence-corrected chi connectivity index (χ0v) is 11.3. The zero-order chi connectivity index (χ0) is 14.2. The zero-order valence-electron chi connectivity index (χ0n) is 11.3. The lowest BCUT2D eigenvalue weighted by molar-refractivity contribution is 0.161. The summed E-state index contributed by atoms with van der Waals surface area (Å²) in [5.41, 5.74) is 0.673. The van der Waals surface area contributed by atoms with Crippen LogP contribution in [0.3, 0.4) is 0 Å². The quantitative estimate of drug-likeness (QED) is 0.874. The minimum absolute atomic E-state index is 0.418. The summed E-state index contributed by atoms with van der Waals surface area (Å²) >= 11 is 0. The van der Waals surface area contributed by atoms with Crippen LogP contribution in [0.25, 0.3) is 0 Å². The van der Waals surface area contributed by atoms with Crippen molar-refractivity contribution in [3.63, 3.8) is 0 Å². The van der Waals surface area contributed by atoms with Gasteiger partial charge in [0.1, 0.15) is 11.5 Å². The second-order valence-corrected chi connectivity index (χ2v) is 4.20. The van der Waals surface area contributed by atoms with Crippen LogP contribution in [-0.2, 0) is 4.74 Å². The molecule has 0 atom stereocenters. The SMILES string of the molecule is CCCOC(=O)Nc1ccc(Oc2ccccc2)cc1. The first-order chi connectivity index (χ1) is 9.78. The second-order valence-electron chi connectivity index (χ2n) is 4.20. The van der Waals surface area contributed by atoms with Gasteiger partial charge < -0.3 is 9.47 Å². The third kappa shape index (κ3) is 4.31. The van der Waals surface area contributed by atoms with Crippen LogP contribution in [0.5, 0.6) is 11.5 Å². The molecule has 0 aromatic heterocycles. The standard InChI is InChI=1S/C16H17NO3/c1-2-12-19-16(18)17-13-8-10-15(11-9-13)20-14-6-4-3-5-7-14/h3-11H,2,12H2,1H3,(H,17,18). The number of carbonyl (C=O) groups is 1. The van der Waals surface area contributed by atoms with Crippen molar-refractivity contribution in [2.75, 3.05) is 11.9 Å². The van der Waals surface area contributed by atoms with Crippen molar-refractivity contribution >= 4 is 11.8 Å². The van der Waals surface area contributed by atoms with Crippen molar-refractivity contribution in [3.8, 4) is 11.5 Å². The van der Waals surface area contributed by atoms with Crippen LogP contribution >= 0.6 is 0 Å². The van der Waals surface area contributed by atoms with Crippen molar-refractivity contribution in [1.82, 2.24) is 0 Å². The Morgan fingerprint density at radius 2 is 1.65 bits per heavy atom. The molecule has 0 saturated carbocycles. The van der Waals surface area contributed by atoms with Crippen LogP contribution in [0.4, 0.5) is 10.5 Å². The van der Waals surface area contributed by atoms with Crippen molar-refractivity contribution in [3.05, 3.63) is 54.6 Å².